The Balaban J connectivity index is 1.77. The van der Waals surface area contributed by atoms with Gasteiger partial charge in [0.2, 0.25) is 5.91 Å². The Labute approximate surface area is 154 Å². The van der Waals surface area contributed by atoms with Gasteiger partial charge in [-0.05, 0) is 46.1 Å². The van der Waals surface area contributed by atoms with Crippen LogP contribution in [0.25, 0.3) is 11.0 Å². The van der Waals surface area contributed by atoms with Crippen LogP contribution in [-0.4, -0.2) is 25.7 Å². The highest BCUT2D eigenvalue weighted by atomic mass is 79.9. The number of hydrogen-bond acceptors (Lipinski definition) is 5. The third-order valence-corrected chi connectivity index (χ3v) is 4.16. The molecule has 0 aliphatic heterocycles. The van der Waals surface area contributed by atoms with Crippen LogP contribution in [0.4, 0.5) is 17.2 Å². The molecule has 3 rings (SSSR count). The van der Waals surface area contributed by atoms with E-state index in [1.807, 2.05) is 45.2 Å². The lowest BCUT2D eigenvalue weighted by atomic mass is 10.1. The minimum Gasteiger partial charge on any atom is -0.339 e. The van der Waals surface area contributed by atoms with E-state index in [0.29, 0.717) is 22.8 Å². The normalized spacial score (nSPS) is 11.1. The van der Waals surface area contributed by atoms with Crippen LogP contribution in [0.1, 0.15) is 20.3 Å². The number of rotatable bonds is 5. The molecule has 0 aliphatic rings. The van der Waals surface area contributed by atoms with E-state index in [9.17, 15) is 4.79 Å². The molecule has 2 heterocycles. The van der Waals surface area contributed by atoms with Crippen LogP contribution in [0, 0.1) is 5.92 Å². The highest BCUT2D eigenvalue weighted by Gasteiger charge is 2.13. The molecule has 130 valence electrons. The van der Waals surface area contributed by atoms with Gasteiger partial charge < -0.3 is 10.6 Å². The Morgan fingerprint density at radius 3 is 2.56 bits per heavy atom. The Hall–Kier alpha value is -2.48. The number of anilines is 3. The van der Waals surface area contributed by atoms with Gasteiger partial charge in [0, 0.05) is 24.8 Å². The first kappa shape index (κ1) is 17.3. The van der Waals surface area contributed by atoms with Crippen molar-refractivity contribution in [3.8, 4) is 0 Å². The van der Waals surface area contributed by atoms with Gasteiger partial charge in [-0.1, -0.05) is 13.8 Å². The van der Waals surface area contributed by atoms with Gasteiger partial charge in [0.05, 0.1) is 5.39 Å². The lowest BCUT2D eigenvalue weighted by molar-refractivity contribution is -0.116. The van der Waals surface area contributed by atoms with Crippen LogP contribution in [-0.2, 0) is 11.8 Å². The summed E-state index contributed by atoms with van der Waals surface area (Å²) in [5, 5.41) is 11.3. The van der Waals surface area contributed by atoms with Crippen LogP contribution in [0.3, 0.4) is 0 Å². The fraction of sp³-hybridized carbons (Fsp3) is 0.294. The van der Waals surface area contributed by atoms with Gasteiger partial charge in [-0.2, -0.15) is 5.10 Å². The van der Waals surface area contributed by atoms with E-state index in [0.717, 1.165) is 22.4 Å². The minimum absolute atomic E-state index is 0.0208. The fourth-order valence-electron chi connectivity index (χ4n) is 2.49. The van der Waals surface area contributed by atoms with Crippen molar-refractivity contribution < 1.29 is 4.79 Å². The highest BCUT2D eigenvalue weighted by molar-refractivity contribution is 9.10. The Morgan fingerprint density at radius 1 is 1.20 bits per heavy atom. The number of nitrogens with zero attached hydrogens (tertiary/aromatic N) is 4. The van der Waals surface area contributed by atoms with Gasteiger partial charge in [-0.25, -0.2) is 14.6 Å². The van der Waals surface area contributed by atoms with Crippen molar-refractivity contribution in [3.63, 3.8) is 0 Å². The minimum atomic E-state index is 0.0208. The molecule has 1 aromatic carbocycles. The molecule has 0 unspecified atom stereocenters. The number of aromatic nitrogens is 4. The standard InChI is InChI=1S/C17H19BrN6O/c1-10(2)8-13(25)21-11-4-6-12(7-5-11)22-16-14-15(18)23-24(3)17(14)20-9-19-16/h4-7,9-10H,8H2,1-3H3,(H,21,25)(H,19,20,22). The molecule has 25 heavy (non-hydrogen) atoms. The molecule has 0 atom stereocenters. The Bertz CT molecular complexity index is 903. The van der Waals surface area contributed by atoms with Gasteiger partial charge in [-0.15, -0.1) is 0 Å². The van der Waals surface area contributed by atoms with E-state index in [-0.39, 0.29) is 5.91 Å². The number of fused-ring (bicyclic) bond motifs is 1. The molecule has 0 fully saturated rings. The number of nitrogens with one attached hydrogen (secondary N) is 2. The maximum absolute atomic E-state index is 11.8. The molecule has 0 radical (unpaired) electrons. The van der Waals surface area contributed by atoms with Crippen molar-refractivity contribution in [1.82, 2.24) is 19.7 Å². The van der Waals surface area contributed by atoms with Gasteiger partial charge in [-0.3, -0.25) is 4.79 Å². The maximum atomic E-state index is 11.8. The molecule has 8 heteroatoms. The van der Waals surface area contributed by atoms with E-state index < -0.39 is 0 Å². The van der Waals surface area contributed by atoms with Crippen molar-refractivity contribution in [3.05, 3.63) is 35.2 Å². The summed E-state index contributed by atoms with van der Waals surface area (Å²) in [6.45, 7) is 4.04. The van der Waals surface area contributed by atoms with Crippen LogP contribution in [0.15, 0.2) is 35.2 Å². The van der Waals surface area contributed by atoms with E-state index in [4.69, 9.17) is 0 Å². The van der Waals surface area contributed by atoms with E-state index in [1.165, 1.54) is 6.33 Å². The monoisotopic (exact) mass is 402 g/mol. The molecule has 2 N–H and O–H groups in total. The third-order valence-electron chi connectivity index (χ3n) is 3.60. The van der Waals surface area contributed by atoms with Crippen LogP contribution < -0.4 is 10.6 Å². The largest absolute Gasteiger partial charge is 0.339 e. The molecule has 3 aromatic rings. The summed E-state index contributed by atoms with van der Waals surface area (Å²) >= 11 is 3.44. The predicted octanol–water partition coefficient (Wildman–Crippen LogP) is 3.85. The summed E-state index contributed by atoms with van der Waals surface area (Å²) < 4.78 is 2.38. The SMILES string of the molecule is CC(C)CC(=O)Nc1ccc(Nc2ncnc3c2c(Br)nn3C)cc1. The summed E-state index contributed by atoms with van der Waals surface area (Å²) in [7, 11) is 1.83. The van der Waals surface area contributed by atoms with Gasteiger partial charge in [0.15, 0.2) is 5.65 Å². The van der Waals surface area contributed by atoms with E-state index in [1.54, 1.807) is 4.68 Å². The molecule has 0 bridgehead atoms. The number of carbonyl (C=O) groups excluding carboxylic acids is 1. The van der Waals surface area contributed by atoms with Crippen molar-refractivity contribution >= 4 is 50.1 Å². The molecule has 7 nitrogen and oxygen atoms in total. The van der Waals surface area contributed by atoms with Gasteiger partial charge in [0.1, 0.15) is 16.7 Å². The Morgan fingerprint density at radius 2 is 1.88 bits per heavy atom. The van der Waals surface area contributed by atoms with Crippen LogP contribution in [0.5, 0.6) is 0 Å². The number of amides is 1. The number of hydrogen-bond donors (Lipinski definition) is 2. The molecule has 0 spiro atoms. The van der Waals surface area contributed by atoms with Gasteiger partial charge in [0.25, 0.3) is 0 Å². The summed E-state index contributed by atoms with van der Waals surface area (Å²) in [6, 6.07) is 7.50. The van der Waals surface area contributed by atoms with Crippen molar-refractivity contribution in [2.75, 3.05) is 10.6 Å². The number of aryl methyl sites for hydroxylation is 1. The quantitative estimate of drug-likeness (QED) is 0.676. The number of halogens is 1. The van der Waals surface area contributed by atoms with Crippen LogP contribution in [0.2, 0.25) is 0 Å². The molecule has 0 saturated heterocycles. The molecular weight excluding hydrogens is 384 g/mol. The van der Waals surface area contributed by atoms with Crippen LogP contribution >= 0.6 is 15.9 Å². The lowest BCUT2D eigenvalue weighted by Gasteiger charge is -2.09. The first-order chi connectivity index (χ1) is 11.9. The second kappa shape index (κ2) is 7.18. The first-order valence-corrected chi connectivity index (χ1v) is 8.73. The molecule has 2 aromatic heterocycles. The topological polar surface area (TPSA) is 84.7 Å². The summed E-state index contributed by atoms with van der Waals surface area (Å²) in [5.41, 5.74) is 2.37. The average Bonchev–Trinajstić information content (AvgIpc) is 2.84. The molecule has 0 saturated carbocycles. The van der Waals surface area contributed by atoms with Crippen molar-refractivity contribution in [2.45, 2.75) is 20.3 Å². The van der Waals surface area contributed by atoms with E-state index in [2.05, 4.69) is 41.6 Å². The lowest BCUT2D eigenvalue weighted by Crippen LogP contribution is -2.13. The predicted molar refractivity (Wildman–Crippen MR) is 102 cm³/mol. The number of carbonyl (C=O) groups is 1. The average molecular weight is 403 g/mol. The second-order valence-electron chi connectivity index (χ2n) is 6.18. The zero-order valence-electron chi connectivity index (χ0n) is 14.2. The molecule has 1 amide bonds. The fourth-order valence-corrected chi connectivity index (χ4v) is 3.09. The summed E-state index contributed by atoms with van der Waals surface area (Å²) in [4.78, 5) is 20.4. The highest BCUT2D eigenvalue weighted by Crippen LogP contribution is 2.29. The van der Waals surface area contributed by atoms with E-state index >= 15 is 0 Å². The maximum Gasteiger partial charge on any atom is 0.224 e. The van der Waals surface area contributed by atoms with Crippen molar-refractivity contribution in [1.29, 1.82) is 0 Å². The summed E-state index contributed by atoms with van der Waals surface area (Å²) in [5.74, 6) is 1.02. The number of benzene rings is 1. The first-order valence-electron chi connectivity index (χ1n) is 7.94. The zero-order chi connectivity index (χ0) is 18.0. The third kappa shape index (κ3) is 3.96. The smallest absolute Gasteiger partial charge is 0.224 e. The Kier molecular flexibility index (Phi) is 4.98. The van der Waals surface area contributed by atoms with Gasteiger partial charge >= 0.3 is 0 Å². The zero-order valence-corrected chi connectivity index (χ0v) is 15.8. The molecule has 0 aliphatic carbocycles. The summed E-state index contributed by atoms with van der Waals surface area (Å²) in [6.07, 6.45) is 2.01. The van der Waals surface area contributed by atoms with Crippen molar-refractivity contribution in [2.24, 2.45) is 13.0 Å². The second-order valence-corrected chi connectivity index (χ2v) is 6.93. The molecular formula is C17H19BrN6O.